The van der Waals surface area contributed by atoms with E-state index < -0.39 is 0 Å². The number of hydrogen-bond acceptors (Lipinski definition) is 2. The highest BCUT2D eigenvalue weighted by Crippen LogP contribution is 2.29. The average molecular weight is 218 g/mol. The van der Waals surface area contributed by atoms with Crippen LogP contribution in [0.1, 0.15) is 12.1 Å². The van der Waals surface area contributed by atoms with Gasteiger partial charge in [-0.25, -0.2) is 0 Å². The molecule has 3 heteroatoms. The fourth-order valence-electron chi connectivity index (χ4n) is 2.17. The van der Waals surface area contributed by atoms with Gasteiger partial charge in [0.15, 0.2) is 0 Å². The van der Waals surface area contributed by atoms with E-state index in [0.29, 0.717) is 0 Å². The molecule has 2 rings (SSSR count). The molecule has 3 nitrogen and oxygen atoms in total. The number of aryl methyl sites for hydroxylation is 1. The monoisotopic (exact) mass is 218 g/mol. The fraction of sp³-hybridized carbons (Fsp3) is 0.385. The zero-order valence-electron chi connectivity index (χ0n) is 9.83. The molecule has 0 fully saturated rings. The lowest BCUT2D eigenvalue weighted by Gasteiger charge is -2.19. The second kappa shape index (κ2) is 4.58. The Labute approximate surface area is 95.7 Å². The first-order chi connectivity index (χ1) is 7.74. The van der Waals surface area contributed by atoms with Gasteiger partial charge in [-0.3, -0.25) is 0 Å². The molecule has 86 valence electrons. The zero-order chi connectivity index (χ0) is 11.5. The first-order valence-electron chi connectivity index (χ1n) is 5.63. The number of anilines is 1. The Balaban J connectivity index is 2.38. The highest BCUT2D eigenvalue weighted by Gasteiger charge is 2.11. The van der Waals surface area contributed by atoms with E-state index in [1.54, 1.807) is 0 Å². The van der Waals surface area contributed by atoms with Gasteiger partial charge < -0.3 is 15.0 Å². The van der Waals surface area contributed by atoms with Crippen molar-refractivity contribution in [3.63, 3.8) is 0 Å². The smallest absolute Gasteiger partial charge is 0.0651 e. The first kappa shape index (κ1) is 11.0. The largest absolute Gasteiger partial charge is 0.396 e. The molecule has 0 saturated heterocycles. The molecule has 1 aromatic heterocycles. The van der Waals surface area contributed by atoms with Gasteiger partial charge >= 0.3 is 0 Å². The number of aliphatic hydroxyl groups is 1. The van der Waals surface area contributed by atoms with Gasteiger partial charge in [-0.15, -0.1) is 0 Å². The summed E-state index contributed by atoms with van der Waals surface area (Å²) >= 11 is 0. The van der Waals surface area contributed by atoms with Crippen LogP contribution in [0.4, 0.5) is 5.69 Å². The van der Waals surface area contributed by atoms with Gasteiger partial charge in [-0.05, 0) is 19.4 Å². The minimum Gasteiger partial charge on any atom is -0.396 e. The number of rotatable bonds is 4. The van der Waals surface area contributed by atoms with Crippen molar-refractivity contribution in [1.82, 2.24) is 4.98 Å². The van der Waals surface area contributed by atoms with Crippen LogP contribution in [0.2, 0.25) is 0 Å². The van der Waals surface area contributed by atoms with Crippen molar-refractivity contribution in [2.45, 2.75) is 13.3 Å². The lowest BCUT2D eigenvalue weighted by molar-refractivity contribution is 0.290. The summed E-state index contributed by atoms with van der Waals surface area (Å²) in [6.07, 6.45) is 0.801. The van der Waals surface area contributed by atoms with E-state index in [1.807, 2.05) is 6.07 Å². The Bertz CT molecular complexity index is 476. The topological polar surface area (TPSA) is 39.3 Å². The van der Waals surface area contributed by atoms with Crippen molar-refractivity contribution < 1.29 is 5.11 Å². The van der Waals surface area contributed by atoms with E-state index in [0.717, 1.165) is 13.0 Å². The zero-order valence-corrected chi connectivity index (χ0v) is 9.83. The molecule has 0 aliphatic carbocycles. The number of para-hydroxylation sites is 1. The van der Waals surface area contributed by atoms with Crippen LogP contribution in [0.25, 0.3) is 10.9 Å². The molecule has 0 aliphatic heterocycles. The second-order valence-corrected chi connectivity index (χ2v) is 4.14. The third-order valence-corrected chi connectivity index (χ3v) is 2.89. The number of nitrogens with zero attached hydrogens (tertiary/aromatic N) is 1. The molecule has 16 heavy (non-hydrogen) atoms. The summed E-state index contributed by atoms with van der Waals surface area (Å²) in [5, 5.41) is 10.1. The summed E-state index contributed by atoms with van der Waals surface area (Å²) in [7, 11) is 2.07. The van der Waals surface area contributed by atoms with Crippen molar-refractivity contribution >= 4 is 16.6 Å². The standard InChI is InChI=1S/C13H18N2O/c1-10-13(15(2)8-5-9-16)11-6-3-4-7-12(11)14-10/h3-4,6-7,14,16H,5,8-9H2,1-2H3. The Morgan fingerprint density at radius 3 is 2.81 bits per heavy atom. The maximum absolute atomic E-state index is 8.86. The minimum atomic E-state index is 0.242. The van der Waals surface area contributed by atoms with Crippen LogP contribution in [0, 0.1) is 6.92 Å². The van der Waals surface area contributed by atoms with Crippen molar-refractivity contribution in [3.8, 4) is 0 Å². The van der Waals surface area contributed by atoms with Crippen LogP contribution >= 0.6 is 0 Å². The average Bonchev–Trinajstić information content (AvgIpc) is 2.62. The Kier molecular flexibility index (Phi) is 3.15. The predicted octanol–water partition coefficient (Wildman–Crippen LogP) is 2.29. The van der Waals surface area contributed by atoms with Crippen molar-refractivity contribution in [3.05, 3.63) is 30.0 Å². The Hall–Kier alpha value is -1.48. The predicted molar refractivity (Wildman–Crippen MR) is 68.0 cm³/mol. The maximum Gasteiger partial charge on any atom is 0.0651 e. The van der Waals surface area contributed by atoms with E-state index in [1.165, 1.54) is 22.3 Å². The molecule has 0 saturated carbocycles. The normalized spacial score (nSPS) is 10.9. The Morgan fingerprint density at radius 1 is 1.31 bits per heavy atom. The number of H-pyrrole nitrogens is 1. The van der Waals surface area contributed by atoms with Crippen LogP contribution in [0.3, 0.4) is 0 Å². The summed E-state index contributed by atoms with van der Waals surface area (Å²) < 4.78 is 0. The molecule has 2 aromatic rings. The molecule has 0 radical (unpaired) electrons. The lowest BCUT2D eigenvalue weighted by Crippen LogP contribution is -2.19. The molecular weight excluding hydrogens is 200 g/mol. The van der Waals surface area contributed by atoms with E-state index >= 15 is 0 Å². The molecule has 1 heterocycles. The number of fused-ring (bicyclic) bond motifs is 1. The van der Waals surface area contributed by atoms with E-state index in [-0.39, 0.29) is 6.61 Å². The summed E-state index contributed by atoms with van der Waals surface area (Å²) in [6, 6.07) is 8.31. The molecule has 0 bridgehead atoms. The van der Waals surface area contributed by atoms with Crippen LogP contribution in [-0.2, 0) is 0 Å². The maximum atomic E-state index is 8.86. The molecule has 0 aliphatic rings. The first-order valence-corrected chi connectivity index (χ1v) is 5.63. The Morgan fingerprint density at radius 2 is 2.06 bits per heavy atom. The molecule has 0 amide bonds. The fourth-order valence-corrected chi connectivity index (χ4v) is 2.17. The van der Waals surface area contributed by atoms with Gasteiger partial charge in [0.25, 0.3) is 0 Å². The number of aromatic amines is 1. The quantitative estimate of drug-likeness (QED) is 0.826. The number of benzene rings is 1. The summed E-state index contributed by atoms with van der Waals surface area (Å²) in [5.41, 5.74) is 3.59. The lowest BCUT2D eigenvalue weighted by atomic mass is 10.2. The second-order valence-electron chi connectivity index (χ2n) is 4.14. The highest BCUT2D eigenvalue weighted by molar-refractivity contribution is 5.94. The van der Waals surface area contributed by atoms with E-state index in [9.17, 15) is 0 Å². The van der Waals surface area contributed by atoms with Gasteiger partial charge in [0.1, 0.15) is 0 Å². The molecule has 0 unspecified atom stereocenters. The van der Waals surface area contributed by atoms with Crippen molar-refractivity contribution in [1.29, 1.82) is 0 Å². The van der Waals surface area contributed by atoms with Crippen LogP contribution in [0.5, 0.6) is 0 Å². The number of aromatic nitrogens is 1. The van der Waals surface area contributed by atoms with E-state index in [2.05, 4.69) is 42.1 Å². The van der Waals surface area contributed by atoms with Gasteiger partial charge in [-0.1, -0.05) is 18.2 Å². The van der Waals surface area contributed by atoms with Gasteiger partial charge in [0, 0.05) is 36.8 Å². The number of hydrogen-bond donors (Lipinski definition) is 2. The third-order valence-electron chi connectivity index (χ3n) is 2.89. The van der Waals surface area contributed by atoms with Crippen LogP contribution in [-0.4, -0.2) is 30.3 Å². The third kappa shape index (κ3) is 1.91. The summed E-state index contributed by atoms with van der Waals surface area (Å²) in [5.74, 6) is 0. The van der Waals surface area contributed by atoms with Crippen LogP contribution < -0.4 is 4.90 Å². The molecule has 0 spiro atoms. The summed E-state index contributed by atoms with van der Waals surface area (Å²) in [4.78, 5) is 5.58. The molecule has 1 aromatic carbocycles. The summed E-state index contributed by atoms with van der Waals surface area (Å²) in [6.45, 7) is 3.20. The highest BCUT2D eigenvalue weighted by atomic mass is 16.3. The van der Waals surface area contributed by atoms with Gasteiger partial charge in [0.05, 0.1) is 5.69 Å². The van der Waals surface area contributed by atoms with Crippen LogP contribution in [0.15, 0.2) is 24.3 Å². The van der Waals surface area contributed by atoms with E-state index in [4.69, 9.17) is 5.11 Å². The van der Waals surface area contributed by atoms with Gasteiger partial charge in [-0.2, -0.15) is 0 Å². The van der Waals surface area contributed by atoms with Gasteiger partial charge in [0.2, 0.25) is 0 Å². The molecular formula is C13H18N2O. The van der Waals surface area contributed by atoms with Crippen molar-refractivity contribution in [2.75, 3.05) is 25.1 Å². The van der Waals surface area contributed by atoms with Crippen molar-refractivity contribution in [2.24, 2.45) is 0 Å². The number of nitrogens with one attached hydrogen (secondary N) is 1. The SMILES string of the molecule is Cc1[nH]c2ccccc2c1N(C)CCCO. The molecule has 0 atom stereocenters. The number of aliphatic hydroxyl groups excluding tert-OH is 1. The minimum absolute atomic E-state index is 0.242. The molecule has 2 N–H and O–H groups in total.